The van der Waals surface area contributed by atoms with Gasteiger partial charge >= 0.3 is 11.9 Å². The van der Waals surface area contributed by atoms with E-state index >= 15 is 0 Å². The Bertz CT molecular complexity index is 351. The number of esters is 2. The minimum atomic E-state index is -0.425. The zero-order valence-corrected chi connectivity index (χ0v) is 13.5. The Morgan fingerprint density at radius 1 is 0.773 bits per heavy atom. The second kappa shape index (κ2) is 10.2. The van der Waals surface area contributed by atoms with Gasteiger partial charge in [0, 0.05) is 17.6 Å². The Morgan fingerprint density at radius 3 is 1.50 bits per heavy atom. The molecule has 0 heterocycles. The molecule has 0 atom stereocenters. The lowest BCUT2D eigenvalue weighted by Crippen LogP contribution is -2.34. The molecule has 0 radical (unpaired) electrons. The van der Waals surface area contributed by atoms with Crippen molar-refractivity contribution in [3.8, 4) is 0 Å². The molecule has 0 spiro atoms. The van der Waals surface area contributed by atoms with Gasteiger partial charge in [0.15, 0.2) is 0 Å². The highest BCUT2D eigenvalue weighted by Crippen LogP contribution is 2.34. The van der Waals surface area contributed by atoms with E-state index in [9.17, 15) is 9.59 Å². The highest BCUT2D eigenvalue weighted by Gasteiger charge is 2.33. The molecular formula is C18H28O4. The molecular weight excluding hydrogens is 280 g/mol. The van der Waals surface area contributed by atoms with Gasteiger partial charge in [-0.05, 0) is 12.8 Å². The Morgan fingerprint density at radius 2 is 1.14 bits per heavy atom. The predicted molar refractivity (Wildman–Crippen MR) is 86.3 cm³/mol. The summed E-state index contributed by atoms with van der Waals surface area (Å²) >= 11 is 0. The van der Waals surface area contributed by atoms with Gasteiger partial charge in [-0.25, -0.2) is 9.59 Å². The summed E-state index contributed by atoms with van der Waals surface area (Å²) in [6, 6.07) is 0. The van der Waals surface area contributed by atoms with Crippen molar-refractivity contribution in [2.75, 3.05) is 13.2 Å². The maximum atomic E-state index is 11.4. The number of hydrogen-bond donors (Lipinski definition) is 0. The molecule has 1 aliphatic carbocycles. The molecule has 22 heavy (non-hydrogen) atoms. The minimum Gasteiger partial charge on any atom is -0.462 e. The molecule has 4 nitrogen and oxygen atoms in total. The molecule has 0 unspecified atom stereocenters. The maximum absolute atomic E-state index is 11.4. The van der Waals surface area contributed by atoms with Gasteiger partial charge in [0.05, 0.1) is 0 Å². The zero-order chi connectivity index (χ0) is 16.3. The highest BCUT2D eigenvalue weighted by atomic mass is 16.5. The smallest absolute Gasteiger partial charge is 0.330 e. The summed E-state index contributed by atoms with van der Waals surface area (Å²) in [7, 11) is 0. The standard InChI is InChI=1S/C18H28O4/c1-3-16(19)21-14-18(15-22-17(20)4-2)12-10-8-6-5-7-9-11-13-18/h3-4H,1-2,5-15H2. The van der Waals surface area contributed by atoms with Crippen LogP contribution in [-0.4, -0.2) is 25.2 Å². The Hall–Kier alpha value is -1.58. The summed E-state index contributed by atoms with van der Waals surface area (Å²) in [6.45, 7) is 7.40. The van der Waals surface area contributed by atoms with Crippen LogP contribution in [0.2, 0.25) is 0 Å². The first-order valence-electron chi connectivity index (χ1n) is 8.20. The van der Waals surface area contributed by atoms with Crippen molar-refractivity contribution < 1.29 is 19.1 Å². The summed E-state index contributed by atoms with van der Waals surface area (Å²) in [5, 5.41) is 0. The van der Waals surface area contributed by atoms with E-state index in [-0.39, 0.29) is 18.6 Å². The molecule has 1 saturated carbocycles. The lowest BCUT2D eigenvalue weighted by molar-refractivity contribution is -0.149. The Kier molecular flexibility index (Phi) is 8.56. The number of carbonyl (C=O) groups excluding carboxylic acids is 2. The lowest BCUT2D eigenvalue weighted by atomic mass is 9.78. The minimum absolute atomic E-state index is 0.280. The van der Waals surface area contributed by atoms with Crippen molar-refractivity contribution in [1.82, 2.24) is 0 Å². The van der Waals surface area contributed by atoms with Gasteiger partial charge in [-0.3, -0.25) is 0 Å². The molecule has 4 heteroatoms. The van der Waals surface area contributed by atoms with Crippen LogP contribution in [0.15, 0.2) is 25.3 Å². The van der Waals surface area contributed by atoms with Crippen LogP contribution in [0.4, 0.5) is 0 Å². The van der Waals surface area contributed by atoms with E-state index in [0.717, 1.165) is 25.7 Å². The predicted octanol–water partition coefficient (Wildman–Crippen LogP) is 3.96. The molecule has 0 aromatic rings. The van der Waals surface area contributed by atoms with Gasteiger partial charge < -0.3 is 9.47 Å². The van der Waals surface area contributed by atoms with Crippen LogP contribution < -0.4 is 0 Å². The first-order valence-corrected chi connectivity index (χ1v) is 8.20. The fraction of sp³-hybridized carbons (Fsp3) is 0.667. The van der Waals surface area contributed by atoms with Crippen LogP contribution >= 0.6 is 0 Å². The molecule has 0 aromatic heterocycles. The van der Waals surface area contributed by atoms with Gasteiger partial charge in [0.2, 0.25) is 0 Å². The quantitative estimate of drug-likeness (QED) is 0.550. The summed E-state index contributed by atoms with van der Waals surface area (Å²) in [5.41, 5.74) is -0.283. The third kappa shape index (κ3) is 6.92. The number of rotatable bonds is 6. The van der Waals surface area contributed by atoms with E-state index < -0.39 is 11.9 Å². The summed E-state index contributed by atoms with van der Waals surface area (Å²) in [5.74, 6) is -0.849. The molecule has 0 amide bonds. The summed E-state index contributed by atoms with van der Waals surface area (Å²) in [4.78, 5) is 22.8. The molecule has 0 N–H and O–H groups in total. The van der Waals surface area contributed by atoms with Crippen LogP contribution in [0.1, 0.15) is 57.8 Å². The van der Waals surface area contributed by atoms with Gasteiger partial charge in [0.25, 0.3) is 0 Å². The van der Waals surface area contributed by atoms with E-state index in [2.05, 4.69) is 13.2 Å². The van der Waals surface area contributed by atoms with Gasteiger partial charge in [-0.2, -0.15) is 0 Å². The lowest BCUT2D eigenvalue weighted by Gasteiger charge is -2.33. The van der Waals surface area contributed by atoms with E-state index in [0.29, 0.717) is 0 Å². The van der Waals surface area contributed by atoms with Crippen LogP contribution in [0.5, 0.6) is 0 Å². The molecule has 124 valence electrons. The van der Waals surface area contributed by atoms with Gasteiger partial charge in [-0.15, -0.1) is 0 Å². The average molecular weight is 308 g/mol. The van der Waals surface area contributed by atoms with E-state index in [1.54, 1.807) is 0 Å². The van der Waals surface area contributed by atoms with Crippen LogP contribution in [0.3, 0.4) is 0 Å². The maximum Gasteiger partial charge on any atom is 0.330 e. The van der Waals surface area contributed by atoms with Gasteiger partial charge in [0.1, 0.15) is 13.2 Å². The third-order valence-corrected chi connectivity index (χ3v) is 4.29. The monoisotopic (exact) mass is 308 g/mol. The fourth-order valence-corrected chi connectivity index (χ4v) is 2.91. The largest absolute Gasteiger partial charge is 0.462 e. The summed E-state index contributed by atoms with van der Waals surface area (Å²) < 4.78 is 10.6. The number of ether oxygens (including phenoxy) is 2. The molecule has 1 fully saturated rings. The Labute approximate surface area is 133 Å². The molecule has 1 rings (SSSR count). The van der Waals surface area contributed by atoms with E-state index in [4.69, 9.17) is 9.47 Å². The van der Waals surface area contributed by atoms with E-state index in [1.807, 2.05) is 0 Å². The SMILES string of the molecule is C=CC(=O)OCC1(COC(=O)C=C)CCCCCCCCC1. The van der Waals surface area contributed by atoms with Crippen molar-refractivity contribution >= 4 is 11.9 Å². The van der Waals surface area contributed by atoms with Crippen LogP contribution in [-0.2, 0) is 19.1 Å². The molecule has 0 aromatic carbocycles. The topological polar surface area (TPSA) is 52.6 Å². The first kappa shape index (κ1) is 18.5. The zero-order valence-electron chi connectivity index (χ0n) is 13.5. The van der Waals surface area contributed by atoms with Crippen molar-refractivity contribution in [2.24, 2.45) is 5.41 Å². The number of carbonyl (C=O) groups is 2. The Balaban J connectivity index is 2.73. The van der Waals surface area contributed by atoms with E-state index in [1.165, 1.54) is 44.3 Å². The molecule has 0 bridgehead atoms. The van der Waals surface area contributed by atoms with Crippen molar-refractivity contribution in [3.63, 3.8) is 0 Å². The second-order valence-electron chi connectivity index (χ2n) is 6.10. The summed E-state index contributed by atoms with van der Waals surface area (Å²) in [6.07, 6.45) is 12.4. The van der Waals surface area contributed by atoms with Crippen LogP contribution in [0, 0.1) is 5.41 Å². The van der Waals surface area contributed by atoms with Crippen molar-refractivity contribution in [3.05, 3.63) is 25.3 Å². The van der Waals surface area contributed by atoms with Gasteiger partial charge in [-0.1, -0.05) is 58.1 Å². The highest BCUT2D eigenvalue weighted by molar-refractivity contribution is 5.81. The third-order valence-electron chi connectivity index (χ3n) is 4.29. The second-order valence-corrected chi connectivity index (χ2v) is 6.10. The van der Waals surface area contributed by atoms with Crippen molar-refractivity contribution in [2.45, 2.75) is 57.8 Å². The number of hydrogen-bond acceptors (Lipinski definition) is 4. The molecule has 0 aliphatic heterocycles. The fourth-order valence-electron chi connectivity index (χ4n) is 2.91. The van der Waals surface area contributed by atoms with Crippen molar-refractivity contribution in [1.29, 1.82) is 0 Å². The molecule has 0 saturated heterocycles. The molecule has 1 aliphatic rings. The average Bonchev–Trinajstić information content (AvgIpc) is 2.56. The first-order chi connectivity index (χ1) is 10.6. The normalized spacial score (nSPS) is 18.7. The van der Waals surface area contributed by atoms with Crippen LogP contribution in [0.25, 0.3) is 0 Å².